The van der Waals surface area contributed by atoms with E-state index in [1.54, 1.807) is 17.8 Å². The van der Waals surface area contributed by atoms with Gasteiger partial charge in [-0.25, -0.2) is 13.1 Å². The van der Waals surface area contributed by atoms with Crippen molar-refractivity contribution in [2.45, 2.75) is 19.0 Å². The molecule has 1 saturated heterocycles. The molecule has 2 heterocycles. The lowest BCUT2D eigenvalue weighted by Crippen LogP contribution is -2.43. The molecule has 1 unspecified atom stereocenters. The summed E-state index contributed by atoms with van der Waals surface area (Å²) >= 11 is 0. The van der Waals surface area contributed by atoms with Gasteiger partial charge in [-0.05, 0) is 6.92 Å². The lowest BCUT2D eigenvalue weighted by molar-refractivity contribution is 0.0938. The van der Waals surface area contributed by atoms with Gasteiger partial charge in [-0.2, -0.15) is 0 Å². The molecule has 1 aromatic rings. The van der Waals surface area contributed by atoms with E-state index in [0.717, 1.165) is 19.3 Å². The van der Waals surface area contributed by atoms with Crippen LogP contribution in [-0.4, -0.2) is 60.5 Å². The van der Waals surface area contributed by atoms with E-state index in [0.29, 0.717) is 0 Å². The fourth-order valence-corrected chi connectivity index (χ4v) is 2.80. The van der Waals surface area contributed by atoms with Gasteiger partial charge in [-0.15, -0.1) is 5.10 Å². The second-order valence-corrected chi connectivity index (χ2v) is 7.05. The minimum Gasteiger partial charge on any atom is -0.347 e. The van der Waals surface area contributed by atoms with Gasteiger partial charge < -0.3 is 10.6 Å². The molecule has 106 valence electrons. The summed E-state index contributed by atoms with van der Waals surface area (Å²) in [5, 5.41) is 13.4. The summed E-state index contributed by atoms with van der Waals surface area (Å²) in [5.74, 6) is -0.505. The predicted octanol–water partition coefficient (Wildman–Crippen LogP) is -1.41. The molecule has 2 rings (SSSR count). The quantitative estimate of drug-likeness (QED) is 0.689. The van der Waals surface area contributed by atoms with Gasteiger partial charge in [0.2, 0.25) is 0 Å². The number of nitrogens with one attached hydrogen (secondary N) is 2. The Bertz CT molecular complexity index is 563. The van der Waals surface area contributed by atoms with E-state index in [9.17, 15) is 13.2 Å². The van der Waals surface area contributed by atoms with Crippen molar-refractivity contribution in [3.63, 3.8) is 0 Å². The minimum absolute atomic E-state index is 0.0978. The van der Waals surface area contributed by atoms with Gasteiger partial charge in [0.1, 0.15) is 9.84 Å². The van der Waals surface area contributed by atoms with Gasteiger partial charge in [-0.3, -0.25) is 4.79 Å². The third kappa shape index (κ3) is 3.74. The van der Waals surface area contributed by atoms with Crippen molar-refractivity contribution in [1.29, 1.82) is 0 Å². The Balaban J connectivity index is 1.94. The molecular weight excluding hydrogens is 270 g/mol. The van der Waals surface area contributed by atoms with E-state index >= 15 is 0 Å². The molecule has 8 nitrogen and oxygen atoms in total. The third-order valence-electron chi connectivity index (χ3n) is 2.81. The topological polar surface area (TPSA) is 106 Å². The molecule has 1 atom stereocenters. The molecule has 0 radical (unpaired) electrons. The fourth-order valence-electron chi connectivity index (χ4n) is 1.81. The standard InChI is InChI=1S/C10H17N5O3S/c1-7(6-19(2,17)18)12-10(16)9-5-15(14-13-9)8-3-11-4-8/h5,7-8,11H,3-4,6H2,1-2H3,(H,12,16). The summed E-state index contributed by atoms with van der Waals surface area (Å²) in [4.78, 5) is 11.8. The number of amides is 1. The summed E-state index contributed by atoms with van der Waals surface area (Å²) in [5.41, 5.74) is 0.201. The zero-order chi connectivity index (χ0) is 14.0. The molecule has 0 spiro atoms. The van der Waals surface area contributed by atoms with Crippen LogP contribution in [-0.2, 0) is 9.84 Å². The number of hydrogen-bond acceptors (Lipinski definition) is 6. The van der Waals surface area contributed by atoms with Crippen LogP contribution in [0.1, 0.15) is 23.5 Å². The highest BCUT2D eigenvalue weighted by Gasteiger charge is 2.22. The van der Waals surface area contributed by atoms with Crippen LogP contribution >= 0.6 is 0 Å². The molecule has 0 aromatic carbocycles. The van der Waals surface area contributed by atoms with Crippen molar-refractivity contribution in [3.05, 3.63) is 11.9 Å². The Morgan fingerprint density at radius 1 is 1.63 bits per heavy atom. The maximum Gasteiger partial charge on any atom is 0.273 e. The first-order valence-electron chi connectivity index (χ1n) is 5.96. The molecule has 1 aromatic heterocycles. The Hall–Kier alpha value is -1.48. The predicted molar refractivity (Wildman–Crippen MR) is 68.6 cm³/mol. The number of aromatic nitrogens is 3. The van der Waals surface area contributed by atoms with Gasteiger partial charge in [0.15, 0.2) is 5.69 Å². The van der Waals surface area contributed by atoms with Crippen molar-refractivity contribution in [2.24, 2.45) is 0 Å². The van der Waals surface area contributed by atoms with Gasteiger partial charge in [0, 0.05) is 25.4 Å². The average Bonchev–Trinajstić information content (AvgIpc) is 2.60. The second kappa shape index (κ2) is 5.25. The summed E-state index contributed by atoms with van der Waals surface area (Å²) in [6.45, 7) is 3.27. The van der Waals surface area contributed by atoms with Gasteiger partial charge in [0.25, 0.3) is 5.91 Å². The molecule has 1 aliphatic rings. The lowest BCUT2D eigenvalue weighted by atomic mass is 10.2. The molecule has 2 N–H and O–H groups in total. The number of carbonyl (C=O) groups excluding carboxylic acids is 1. The maximum absolute atomic E-state index is 11.8. The summed E-state index contributed by atoms with van der Waals surface area (Å²) in [7, 11) is -3.12. The number of rotatable bonds is 5. The first kappa shape index (κ1) is 13.9. The van der Waals surface area contributed by atoms with E-state index in [1.165, 1.54) is 0 Å². The van der Waals surface area contributed by atoms with Crippen LogP contribution in [0.3, 0.4) is 0 Å². The van der Waals surface area contributed by atoms with Crippen LogP contribution in [0.15, 0.2) is 6.20 Å². The molecule has 1 aliphatic heterocycles. The number of hydrogen-bond donors (Lipinski definition) is 2. The SMILES string of the molecule is CC(CS(C)(=O)=O)NC(=O)c1cn(C2CNC2)nn1. The van der Waals surface area contributed by atoms with Crippen LogP contribution in [0.5, 0.6) is 0 Å². The second-order valence-electron chi connectivity index (χ2n) is 4.86. The Morgan fingerprint density at radius 2 is 2.32 bits per heavy atom. The zero-order valence-electron chi connectivity index (χ0n) is 10.8. The van der Waals surface area contributed by atoms with Crippen LogP contribution in [0.25, 0.3) is 0 Å². The van der Waals surface area contributed by atoms with Crippen LogP contribution < -0.4 is 10.6 Å². The van der Waals surface area contributed by atoms with Crippen LogP contribution in [0.2, 0.25) is 0 Å². The van der Waals surface area contributed by atoms with E-state index in [1.807, 2.05) is 0 Å². The van der Waals surface area contributed by atoms with Gasteiger partial charge >= 0.3 is 0 Å². The molecule has 19 heavy (non-hydrogen) atoms. The average molecular weight is 287 g/mol. The number of nitrogens with zero attached hydrogens (tertiary/aromatic N) is 3. The van der Waals surface area contributed by atoms with Crippen LogP contribution in [0, 0.1) is 0 Å². The Kier molecular flexibility index (Phi) is 3.85. The molecule has 1 fully saturated rings. The van der Waals surface area contributed by atoms with Crippen molar-refractivity contribution in [3.8, 4) is 0 Å². The van der Waals surface area contributed by atoms with E-state index in [4.69, 9.17) is 0 Å². The minimum atomic E-state index is -3.12. The molecule has 0 aliphatic carbocycles. The lowest BCUT2D eigenvalue weighted by Gasteiger charge is -2.26. The van der Waals surface area contributed by atoms with Gasteiger partial charge in [-0.1, -0.05) is 5.21 Å². The van der Waals surface area contributed by atoms with Gasteiger partial charge in [0.05, 0.1) is 18.0 Å². The van der Waals surface area contributed by atoms with E-state index in [-0.39, 0.29) is 17.5 Å². The first-order valence-corrected chi connectivity index (χ1v) is 8.02. The maximum atomic E-state index is 11.8. The molecule has 0 bridgehead atoms. The van der Waals surface area contributed by atoms with Crippen molar-refractivity contribution >= 4 is 15.7 Å². The smallest absolute Gasteiger partial charge is 0.273 e. The third-order valence-corrected chi connectivity index (χ3v) is 3.91. The Labute approximate surface area is 111 Å². The number of carbonyl (C=O) groups is 1. The fraction of sp³-hybridized carbons (Fsp3) is 0.700. The largest absolute Gasteiger partial charge is 0.347 e. The van der Waals surface area contributed by atoms with Crippen molar-refractivity contribution < 1.29 is 13.2 Å². The molecule has 1 amide bonds. The molecule has 0 saturated carbocycles. The summed E-state index contributed by atoms with van der Waals surface area (Å²) in [6.07, 6.45) is 2.71. The van der Waals surface area contributed by atoms with E-state index < -0.39 is 21.8 Å². The van der Waals surface area contributed by atoms with Crippen molar-refractivity contribution in [1.82, 2.24) is 25.6 Å². The first-order chi connectivity index (χ1) is 8.85. The monoisotopic (exact) mass is 287 g/mol. The highest BCUT2D eigenvalue weighted by atomic mass is 32.2. The van der Waals surface area contributed by atoms with E-state index in [2.05, 4.69) is 20.9 Å². The summed E-state index contributed by atoms with van der Waals surface area (Å²) in [6, 6.07) is -0.222. The zero-order valence-corrected chi connectivity index (χ0v) is 11.6. The Morgan fingerprint density at radius 3 is 2.84 bits per heavy atom. The van der Waals surface area contributed by atoms with Crippen molar-refractivity contribution in [2.75, 3.05) is 25.1 Å². The normalized spacial score (nSPS) is 17.8. The highest BCUT2D eigenvalue weighted by molar-refractivity contribution is 7.90. The molecule has 9 heteroatoms. The van der Waals surface area contributed by atoms with Crippen LogP contribution in [0.4, 0.5) is 0 Å². The molecular formula is C10H17N5O3S. The summed E-state index contributed by atoms with van der Waals surface area (Å²) < 4.78 is 23.9. The number of sulfone groups is 1. The highest BCUT2D eigenvalue weighted by Crippen LogP contribution is 2.09.